The second kappa shape index (κ2) is 6.86. The molecule has 0 spiro atoms. The summed E-state index contributed by atoms with van der Waals surface area (Å²) in [5, 5.41) is 17.6. The van der Waals surface area contributed by atoms with Crippen LogP contribution in [0.3, 0.4) is 0 Å². The lowest BCUT2D eigenvalue weighted by molar-refractivity contribution is -0.133. The Labute approximate surface area is 140 Å². The predicted molar refractivity (Wildman–Crippen MR) is 87.7 cm³/mol. The molecule has 24 heavy (non-hydrogen) atoms. The molecular weight excluding hydrogens is 310 g/mol. The smallest absolute Gasteiger partial charge is 0.354 e. The van der Waals surface area contributed by atoms with E-state index in [1.54, 1.807) is 18.9 Å². The Morgan fingerprint density at radius 3 is 2.58 bits per heavy atom. The molecule has 130 valence electrons. The maximum atomic E-state index is 12.7. The molecular formula is C16H23N5O3. The molecule has 0 saturated carbocycles. The molecule has 8 heteroatoms. The number of hydrogen-bond acceptors (Lipinski definition) is 4. The summed E-state index contributed by atoms with van der Waals surface area (Å²) in [6.07, 6.45) is 1.38. The highest BCUT2D eigenvalue weighted by atomic mass is 16.4. The van der Waals surface area contributed by atoms with Gasteiger partial charge in [0, 0.05) is 37.6 Å². The normalized spacial score (nSPS) is 12.2. The number of nitrogens with zero attached hydrogens (tertiary/aromatic N) is 5. The molecule has 0 saturated heterocycles. The van der Waals surface area contributed by atoms with Crippen molar-refractivity contribution in [2.75, 3.05) is 7.05 Å². The van der Waals surface area contributed by atoms with Crippen LogP contribution in [0.25, 0.3) is 0 Å². The molecule has 1 unspecified atom stereocenters. The van der Waals surface area contributed by atoms with Crippen LogP contribution in [0.2, 0.25) is 0 Å². The zero-order valence-electron chi connectivity index (χ0n) is 14.6. The van der Waals surface area contributed by atoms with E-state index in [2.05, 4.69) is 10.2 Å². The Balaban J connectivity index is 2.19. The van der Waals surface area contributed by atoms with Gasteiger partial charge in [-0.1, -0.05) is 0 Å². The van der Waals surface area contributed by atoms with Crippen LogP contribution >= 0.6 is 0 Å². The van der Waals surface area contributed by atoms with Gasteiger partial charge in [0.25, 0.3) is 0 Å². The van der Waals surface area contributed by atoms with Crippen molar-refractivity contribution in [3.63, 3.8) is 0 Å². The van der Waals surface area contributed by atoms with E-state index in [-0.39, 0.29) is 11.6 Å². The van der Waals surface area contributed by atoms with Gasteiger partial charge < -0.3 is 10.0 Å². The second-order valence-electron chi connectivity index (χ2n) is 5.80. The Kier molecular flexibility index (Phi) is 5.06. The van der Waals surface area contributed by atoms with Gasteiger partial charge in [0.15, 0.2) is 0 Å². The fraction of sp³-hybridized carbons (Fsp3) is 0.500. The van der Waals surface area contributed by atoms with Crippen LogP contribution in [-0.4, -0.2) is 48.5 Å². The van der Waals surface area contributed by atoms with E-state index in [4.69, 9.17) is 5.11 Å². The first-order valence-corrected chi connectivity index (χ1v) is 7.82. The van der Waals surface area contributed by atoms with Gasteiger partial charge >= 0.3 is 5.97 Å². The first-order chi connectivity index (χ1) is 11.3. The lowest BCUT2D eigenvalue weighted by Crippen LogP contribution is -2.34. The van der Waals surface area contributed by atoms with Gasteiger partial charge in [-0.25, -0.2) is 9.48 Å². The summed E-state index contributed by atoms with van der Waals surface area (Å²) in [6.45, 7) is 8.77. The van der Waals surface area contributed by atoms with Gasteiger partial charge in [-0.3, -0.25) is 9.48 Å². The maximum absolute atomic E-state index is 12.7. The molecule has 2 aromatic rings. The third-order valence-corrected chi connectivity index (χ3v) is 4.22. The number of aryl methyl sites for hydroxylation is 2. The van der Waals surface area contributed by atoms with Gasteiger partial charge in [-0.15, -0.1) is 0 Å². The highest BCUT2D eigenvalue weighted by molar-refractivity contribution is 5.87. The van der Waals surface area contributed by atoms with Gasteiger partial charge in [0.1, 0.15) is 11.7 Å². The molecule has 0 aromatic carbocycles. The quantitative estimate of drug-likeness (QED) is 0.867. The van der Waals surface area contributed by atoms with Crippen molar-refractivity contribution in [2.45, 2.75) is 46.8 Å². The first-order valence-electron chi connectivity index (χ1n) is 7.82. The topological polar surface area (TPSA) is 93.3 Å². The number of aromatic carboxylic acids is 1. The van der Waals surface area contributed by atoms with Gasteiger partial charge in [-0.2, -0.15) is 10.2 Å². The highest BCUT2D eigenvalue weighted by Crippen LogP contribution is 2.18. The van der Waals surface area contributed by atoms with E-state index < -0.39 is 12.0 Å². The Morgan fingerprint density at radius 1 is 1.38 bits per heavy atom. The number of aromatic nitrogens is 4. The van der Waals surface area contributed by atoms with Crippen LogP contribution in [0.4, 0.5) is 0 Å². The van der Waals surface area contributed by atoms with Crippen molar-refractivity contribution in [2.24, 2.45) is 0 Å². The van der Waals surface area contributed by atoms with Crippen molar-refractivity contribution in [3.8, 4) is 0 Å². The summed E-state index contributed by atoms with van der Waals surface area (Å²) in [4.78, 5) is 25.4. The second-order valence-corrected chi connectivity index (χ2v) is 5.80. The van der Waals surface area contributed by atoms with Crippen LogP contribution in [0.5, 0.6) is 0 Å². The van der Waals surface area contributed by atoms with E-state index in [1.165, 1.54) is 16.9 Å². The van der Waals surface area contributed by atoms with Crippen LogP contribution in [0.15, 0.2) is 12.3 Å². The van der Waals surface area contributed by atoms with Crippen molar-refractivity contribution in [1.29, 1.82) is 0 Å². The number of amides is 1. The number of carbonyl (C=O) groups excluding carboxylic acids is 1. The monoisotopic (exact) mass is 333 g/mol. The standard InChI is InChI=1S/C16H23N5O3/c1-6-20-11(3)13(10(2)18-20)9-19(5)15(22)12(4)21-14(16(23)24)7-8-17-21/h7-8,12H,6,9H2,1-5H3,(H,23,24). The van der Waals surface area contributed by atoms with Crippen LogP contribution < -0.4 is 0 Å². The number of carboxylic acid groups (broad SMARTS) is 1. The van der Waals surface area contributed by atoms with Crippen molar-refractivity contribution in [3.05, 3.63) is 34.9 Å². The van der Waals surface area contributed by atoms with Gasteiger partial charge in [0.2, 0.25) is 5.91 Å². The lowest BCUT2D eigenvalue weighted by Gasteiger charge is -2.22. The summed E-state index contributed by atoms with van der Waals surface area (Å²) in [6, 6.07) is 0.684. The average Bonchev–Trinajstić information content (AvgIpc) is 3.13. The Morgan fingerprint density at radius 2 is 2.04 bits per heavy atom. The molecule has 2 heterocycles. The number of carboxylic acids is 1. The lowest BCUT2D eigenvalue weighted by atomic mass is 10.1. The van der Waals surface area contributed by atoms with Crippen molar-refractivity contribution in [1.82, 2.24) is 24.5 Å². The predicted octanol–water partition coefficient (Wildman–Crippen LogP) is 1.63. The zero-order valence-corrected chi connectivity index (χ0v) is 14.6. The zero-order chi connectivity index (χ0) is 18.0. The van der Waals surface area contributed by atoms with E-state index in [9.17, 15) is 9.59 Å². The number of hydrogen-bond donors (Lipinski definition) is 1. The number of rotatable bonds is 6. The van der Waals surface area contributed by atoms with Crippen molar-refractivity contribution < 1.29 is 14.7 Å². The highest BCUT2D eigenvalue weighted by Gasteiger charge is 2.25. The summed E-state index contributed by atoms with van der Waals surface area (Å²) in [5.74, 6) is -1.31. The number of likely N-dealkylation sites (N-methyl/N-ethyl adjacent to an activating group) is 1. The minimum atomic E-state index is -1.11. The molecule has 8 nitrogen and oxygen atoms in total. The summed E-state index contributed by atoms with van der Waals surface area (Å²) >= 11 is 0. The SMILES string of the molecule is CCn1nc(C)c(CN(C)C(=O)C(C)n2nccc2C(=O)O)c1C. The molecule has 1 atom stereocenters. The minimum Gasteiger partial charge on any atom is -0.477 e. The molecule has 1 N–H and O–H groups in total. The Bertz CT molecular complexity index is 762. The summed E-state index contributed by atoms with van der Waals surface area (Å²) in [5.41, 5.74) is 2.94. The third-order valence-electron chi connectivity index (χ3n) is 4.22. The largest absolute Gasteiger partial charge is 0.477 e. The Hall–Kier alpha value is -2.64. The number of carbonyl (C=O) groups is 2. The van der Waals surface area contributed by atoms with E-state index in [0.717, 1.165) is 23.5 Å². The van der Waals surface area contributed by atoms with Crippen LogP contribution in [0.1, 0.15) is 47.3 Å². The van der Waals surface area contributed by atoms with Crippen molar-refractivity contribution >= 4 is 11.9 Å². The molecule has 0 fully saturated rings. The van der Waals surface area contributed by atoms with Crippen LogP contribution in [-0.2, 0) is 17.9 Å². The first kappa shape index (κ1) is 17.7. The summed E-state index contributed by atoms with van der Waals surface area (Å²) in [7, 11) is 1.70. The molecule has 0 bridgehead atoms. The molecule has 2 rings (SSSR count). The molecule has 0 aliphatic rings. The molecule has 0 aliphatic carbocycles. The fourth-order valence-corrected chi connectivity index (χ4v) is 2.80. The molecule has 0 aliphatic heterocycles. The molecule has 2 aromatic heterocycles. The fourth-order valence-electron chi connectivity index (χ4n) is 2.80. The minimum absolute atomic E-state index is 0.00425. The molecule has 1 amide bonds. The maximum Gasteiger partial charge on any atom is 0.354 e. The molecule has 0 radical (unpaired) electrons. The summed E-state index contributed by atoms with van der Waals surface area (Å²) < 4.78 is 3.14. The van der Waals surface area contributed by atoms with E-state index in [0.29, 0.717) is 6.54 Å². The van der Waals surface area contributed by atoms with E-state index >= 15 is 0 Å². The van der Waals surface area contributed by atoms with Gasteiger partial charge in [-0.05, 0) is 33.8 Å². The van der Waals surface area contributed by atoms with E-state index in [1.807, 2.05) is 25.5 Å². The third kappa shape index (κ3) is 3.17. The van der Waals surface area contributed by atoms with Crippen LogP contribution in [0, 0.1) is 13.8 Å². The van der Waals surface area contributed by atoms with Gasteiger partial charge in [0.05, 0.1) is 5.69 Å². The average molecular weight is 333 g/mol.